The van der Waals surface area contributed by atoms with E-state index in [-0.39, 0.29) is 5.82 Å². The van der Waals surface area contributed by atoms with Crippen molar-refractivity contribution in [3.05, 3.63) is 71.8 Å². The molecule has 2 aromatic carbocycles. The Labute approximate surface area is 182 Å². The average molecular weight is 418 g/mol. The third-order valence-corrected chi connectivity index (χ3v) is 6.34. The summed E-state index contributed by atoms with van der Waals surface area (Å²) in [5, 5.41) is 2.10. The third kappa shape index (κ3) is 4.02. The second kappa shape index (κ2) is 8.67. The van der Waals surface area contributed by atoms with E-state index < -0.39 is 0 Å². The Hall–Kier alpha value is -2.92. The topological polar surface area (TPSA) is 41.2 Å². The van der Waals surface area contributed by atoms with E-state index in [2.05, 4.69) is 40.0 Å². The summed E-state index contributed by atoms with van der Waals surface area (Å²) in [5.74, 6) is 0.820. The lowest BCUT2D eigenvalue weighted by molar-refractivity contribution is 0.119. The van der Waals surface area contributed by atoms with Crippen molar-refractivity contribution in [1.29, 1.82) is 0 Å². The molecule has 4 aromatic rings. The molecule has 0 amide bonds. The van der Waals surface area contributed by atoms with E-state index in [0.717, 1.165) is 66.3 Å². The zero-order chi connectivity index (χ0) is 21.2. The average Bonchev–Trinajstić information content (AvgIpc) is 3.20. The molecule has 160 valence electrons. The van der Waals surface area contributed by atoms with Crippen LogP contribution in [0.4, 0.5) is 4.39 Å². The largest absolute Gasteiger partial charge is 0.491 e. The van der Waals surface area contributed by atoms with Crippen LogP contribution in [0.1, 0.15) is 30.9 Å². The van der Waals surface area contributed by atoms with E-state index in [4.69, 9.17) is 4.74 Å². The van der Waals surface area contributed by atoms with E-state index >= 15 is 0 Å². The van der Waals surface area contributed by atoms with Gasteiger partial charge in [-0.1, -0.05) is 13.0 Å². The molecule has 1 aliphatic heterocycles. The van der Waals surface area contributed by atoms with E-state index in [1.54, 1.807) is 6.07 Å². The molecule has 0 aliphatic carbocycles. The van der Waals surface area contributed by atoms with Gasteiger partial charge in [0.05, 0.1) is 5.52 Å². The molecule has 0 unspecified atom stereocenters. The zero-order valence-corrected chi connectivity index (χ0v) is 17.9. The standard InChI is InChI=1S/C26H28FN3O/c1-2-12-30(13-4-5-19-16-29-25-10-8-20(27)15-23(19)25)21-14-18-7-9-24-22(6-3-11-28-24)26(18)31-17-21/h3,6-11,15-16,21,29H,2,4-5,12-14,17H2,1H3/t21-/m0/s1. The van der Waals surface area contributed by atoms with Crippen molar-refractivity contribution < 1.29 is 9.13 Å². The first-order chi connectivity index (χ1) is 15.2. The molecule has 4 nitrogen and oxygen atoms in total. The van der Waals surface area contributed by atoms with Gasteiger partial charge in [0.1, 0.15) is 18.2 Å². The normalized spacial score (nSPS) is 16.0. The Bertz CT molecular complexity index is 1200. The fourth-order valence-electron chi connectivity index (χ4n) is 4.82. The maximum atomic E-state index is 13.7. The van der Waals surface area contributed by atoms with Gasteiger partial charge in [-0.25, -0.2) is 4.39 Å². The molecule has 31 heavy (non-hydrogen) atoms. The van der Waals surface area contributed by atoms with E-state index in [0.29, 0.717) is 12.6 Å². The number of benzene rings is 2. The second-order valence-electron chi connectivity index (χ2n) is 8.44. The maximum absolute atomic E-state index is 13.7. The van der Waals surface area contributed by atoms with Gasteiger partial charge in [0.15, 0.2) is 0 Å². The van der Waals surface area contributed by atoms with Crippen LogP contribution in [0.5, 0.6) is 5.75 Å². The van der Waals surface area contributed by atoms with Crippen LogP contribution >= 0.6 is 0 Å². The summed E-state index contributed by atoms with van der Waals surface area (Å²) in [4.78, 5) is 10.3. The highest BCUT2D eigenvalue weighted by Gasteiger charge is 2.26. The maximum Gasteiger partial charge on any atom is 0.132 e. The summed E-state index contributed by atoms with van der Waals surface area (Å²) < 4.78 is 19.9. The number of aromatic nitrogens is 2. The van der Waals surface area contributed by atoms with Gasteiger partial charge in [-0.2, -0.15) is 0 Å². The smallest absolute Gasteiger partial charge is 0.132 e. The summed E-state index contributed by atoms with van der Waals surface area (Å²) in [6.07, 6.45) is 7.93. The summed E-state index contributed by atoms with van der Waals surface area (Å²) in [5.41, 5.74) is 4.45. The van der Waals surface area contributed by atoms with Crippen LogP contribution in [0.2, 0.25) is 0 Å². The molecule has 0 spiro atoms. The second-order valence-corrected chi connectivity index (χ2v) is 8.44. The van der Waals surface area contributed by atoms with Crippen LogP contribution in [0.25, 0.3) is 21.8 Å². The fourth-order valence-corrected chi connectivity index (χ4v) is 4.82. The molecule has 1 N–H and O–H groups in total. The van der Waals surface area contributed by atoms with Crippen molar-refractivity contribution in [2.24, 2.45) is 0 Å². The van der Waals surface area contributed by atoms with Crippen molar-refractivity contribution in [3.8, 4) is 5.75 Å². The van der Waals surface area contributed by atoms with Gasteiger partial charge in [0.2, 0.25) is 0 Å². The number of fused-ring (bicyclic) bond motifs is 4. The molecule has 0 saturated heterocycles. The number of aryl methyl sites for hydroxylation is 1. The van der Waals surface area contributed by atoms with Gasteiger partial charge in [0.25, 0.3) is 0 Å². The molecule has 2 aromatic heterocycles. The first-order valence-corrected chi connectivity index (χ1v) is 11.2. The number of H-pyrrole nitrogens is 1. The minimum absolute atomic E-state index is 0.179. The monoisotopic (exact) mass is 417 g/mol. The Morgan fingerprint density at radius 2 is 2.10 bits per heavy atom. The first kappa shape index (κ1) is 20.0. The van der Waals surface area contributed by atoms with Gasteiger partial charge < -0.3 is 9.72 Å². The minimum Gasteiger partial charge on any atom is -0.491 e. The number of nitrogens with zero attached hydrogens (tertiary/aromatic N) is 2. The van der Waals surface area contributed by atoms with Crippen LogP contribution in [0, 0.1) is 5.82 Å². The van der Waals surface area contributed by atoms with Crippen LogP contribution in [0.15, 0.2) is 54.9 Å². The number of pyridine rings is 1. The van der Waals surface area contributed by atoms with Gasteiger partial charge in [-0.05, 0) is 86.3 Å². The molecule has 5 heteroatoms. The van der Waals surface area contributed by atoms with Gasteiger partial charge in [-0.3, -0.25) is 9.88 Å². The molecule has 0 radical (unpaired) electrons. The van der Waals surface area contributed by atoms with Crippen molar-refractivity contribution in [2.45, 2.75) is 38.6 Å². The lowest BCUT2D eigenvalue weighted by Crippen LogP contribution is -2.44. The molecule has 5 rings (SSSR count). The van der Waals surface area contributed by atoms with Gasteiger partial charge in [-0.15, -0.1) is 0 Å². The van der Waals surface area contributed by atoms with Crippen LogP contribution < -0.4 is 4.74 Å². The van der Waals surface area contributed by atoms with Crippen LogP contribution in [-0.4, -0.2) is 40.6 Å². The van der Waals surface area contributed by atoms with Gasteiger partial charge in [0, 0.05) is 34.7 Å². The zero-order valence-electron chi connectivity index (χ0n) is 17.9. The number of halogens is 1. The molecule has 0 bridgehead atoms. The SMILES string of the molecule is CCCN(CCCc1c[nH]c2ccc(F)cc12)[C@@H]1COc2c(ccc3ncccc23)C1. The molecular weight excluding hydrogens is 389 g/mol. The number of ether oxygens (including phenoxy) is 1. The number of nitrogens with one attached hydrogen (secondary N) is 1. The third-order valence-electron chi connectivity index (χ3n) is 6.34. The summed E-state index contributed by atoms with van der Waals surface area (Å²) >= 11 is 0. The Kier molecular flexibility index (Phi) is 5.60. The molecule has 1 atom stereocenters. The highest BCUT2D eigenvalue weighted by atomic mass is 19.1. The van der Waals surface area contributed by atoms with Crippen molar-refractivity contribution >= 4 is 21.8 Å². The number of hydrogen-bond acceptors (Lipinski definition) is 3. The van der Waals surface area contributed by atoms with Crippen molar-refractivity contribution in [2.75, 3.05) is 19.7 Å². The summed E-state index contributed by atoms with van der Waals surface area (Å²) in [6, 6.07) is 13.7. The predicted molar refractivity (Wildman–Crippen MR) is 123 cm³/mol. The molecule has 0 fully saturated rings. The quantitative estimate of drug-likeness (QED) is 0.431. The lowest BCUT2D eigenvalue weighted by Gasteiger charge is -2.35. The number of hydrogen-bond donors (Lipinski definition) is 1. The molecule has 0 saturated carbocycles. The van der Waals surface area contributed by atoms with E-state index in [1.807, 2.05) is 24.5 Å². The Balaban J connectivity index is 1.27. The number of aromatic amines is 1. The minimum atomic E-state index is -0.179. The first-order valence-electron chi connectivity index (χ1n) is 11.2. The highest BCUT2D eigenvalue weighted by Crippen LogP contribution is 2.33. The molecule has 3 heterocycles. The van der Waals surface area contributed by atoms with E-state index in [1.165, 1.54) is 17.2 Å². The van der Waals surface area contributed by atoms with Crippen molar-refractivity contribution in [3.63, 3.8) is 0 Å². The molecule has 1 aliphatic rings. The number of rotatable bonds is 7. The van der Waals surface area contributed by atoms with Crippen molar-refractivity contribution in [1.82, 2.24) is 14.9 Å². The highest BCUT2D eigenvalue weighted by molar-refractivity contribution is 5.86. The molecular formula is C26H28FN3O. The summed E-state index contributed by atoms with van der Waals surface area (Å²) in [6.45, 7) is 5.00. The van der Waals surface area contributed by atoms with Crippen LogP contribution in [-0.2, 0) is 12.8 Å². The van der Waals surface area contributed by atoms with Gasteiger partial charge >= 0.3 is 0 Å². The van der Waals surface area contributed by atoms with Crippen LogP contribution in [0.3, 0.4) is 0 Å². The predicted octanol–water partition coefficient (Wildman–Crippen LogP) is 5.50. The fraction of sp³-hybridized carbons (Fsp3) is 0.346. The summed E-state index contributed by atoms with van der Waals surface area (Å²) in [7, 11) is 0. The Morgan fingerprint density at radius 1 is 1.16 bits per heavy atom. The Morgan fingerprint density at radius 3 is 3.00 bits per heavy atom. The lowest BCUT2D eigenvalue weighted by atomic mass is 9.98. The van der Waals surface area contributed by atoms with E-state index in [9.17, 15) is 4.39 Å².